The molecule has 0 radical (unpaired) electrons. The van der Waals surface area contributed by atoms with Crippen LogP contribution in [0.5, 0.6) is 0 Å². The summed E-state index contributed by atoms with van der Waals surface area (Å²) in [5, 5.41) is 1.87. The lowest BCUT2D eigenvalue weighted by Crippen LogP contribution is -2.19. The summed E-state index contributed by atoms with van der Waals surface area (Å²) in [6, 6.07) is 7.87. The number of para-hydroxylation sites is 2. The van der Waals surface area contributed by atoms with Crippen LogP contribution in [-0.2, 0) is 0 Å². The highest BCUT2D eigenvalue weighted by Crippen LogP contribution is 2.16. The minimum atomic E-state index is 0.747. The van der Waals surface area contributed by atoms with Crippen LogP contribution in [0.3, 0.4) is 0 Å². The molecule has 3 nitrogen and oxygen atoms in total. The first-order chi connectivity index (χ1) is 7.43. The van der Waals surface area contributed by atoms with Crippen molar-refractivity contribution in [1.82, 2.24) is 0 Å². The number of dihydropyridines is 1. The highest BCUT2D eigenvalue weighted by molar-refractivity contribution is 5.73. The lowest BCUT2D eigenvalue weighted by atomic mass is 10.2. The second kappa shape index (κ2) is 3.28. The Balaban J connectivity index is 2.18. The Kier molecular flexibility index (Phi) is 1.81. The summed E-state index contributed by atoms with van der Waals surface area (Å²) < 4.78 is 0. The molecule has 0 bridgehead atoms. The maximum Gasteiger partial charge on any atom is 0.175 e. The van der Waals surface area contributed by atoms with Gasteiger partial charge in [-0.1, -0.05) is 18.2 Å². The Morgan fingerprint density at radius 1 is 1.00 bits per heavy atom. The minimum Gasteiger partial charge on any atom is -0.257 e. The van der Waals surface area contributed by atoms with Crippen molar-refractivity contribution in [3.8, 4) is 0 Å². The third-order valence-electron chi connectivity index (χ3n) is 2.36. The van der Waals surface area contributed by atoms with Gasteiger partial charge in [0, 0.05) is 12.6 Å². The maximum absolute atomic E-state index is 4.44. The Morgan fingerprint density at radius 2 is 1.73 bits per heavy atom. The molecule has 2 aliphatic rings. The van der Waals surface area contributed by atoms with Crippen molar-refractivity contribution in [2.75, 3.05) is 0 Å². The molecule has 0 unspecified atom stereocenters. The molecule has 72 valence electrons. The third kappa shape index (κ3) is 1.42. The number of nitrogens with zero attached hydrogens (tertiary/aromatic N) is 3. The van der Waals surface area contributed by atoms with E-state index in [0.717, 1.165) is 28.7 Å². The van der Waals surface area contributed by atoms with Crippen LogP contribution in [0.1, 0.15) is 6.42 Å². The molecule has 0 spiro atoms. The summed E-state index contributed by atoms with van der Waals surface area (Å²) in [5.41, 5.74) is 0.939. The number of aliphatic imine (C=N–C) groups is 1. The highest BCUT2D eigenvalue weighted by Gasteiger charge is 2.08. The van der Waals surface area contributed by atoms with Crippen LogP contribution in [0.2, 0.25) is 0 Å². The van der Waals surface area contributed by atoms with E-state index in [2.05, 4.69) is 21.1 Å². The predicted molar refractivity (Wildman–Crippen MR) is 58.0 cm³/mol. The van der Waals surface area contributed by atoms with E-state index in [0.29, 0.717) is 0 Å². The largest absolute Gasteiger partial charge is 0.257 e. The molecule has 0 aromatic heterocycles. The number of fused-ring (bicyclic) bond motifs is 1. The molecule has 3 rings (SSSR count). The molecule has 0 saturated carbocycles. The van der Waals surface area contributed by atoms with E-state index >= 15 is 0 Å². The Morgan fingerprint density at radius 3 is 2.33 bits per heavy atom. The van der Waals surface area contributed by atoms with Gasteiger partial charge >= 0.3 is 0 Å². The van der Waals surface area contributed by atoms with Crippen molar-refractivity contribution in [3.05, 3.63) is 58.6 Å². The van der Waals surface area contributed by atoms with Crippen molar-refractivity contribution in [2.45, 2.75) is 6.42 Å². The summed E-state index contributed by atoms with van der Waals surface area (Å²) in [4.78, 5) is 13.2. The van der Waals surface area contributed by atoms with E-state index in [9.17, 15) is 0 Å². The molecular formula is C12H9N3. The lowest BCUT2D eigenvalue weighted by molar-refractivity contribution is 1.05. The van der Waals surface area contributed by atoms with E-state index in [1.54, 1.807) is 6.21 Å². The first-order valence-electron chi connectivity index (χ1n) is 4.88. The Hall–Kier alpha value is -2.03. The molecule has 3 heteroatoms. The van der Waals surface area contributed by atoms with Crippen LogP contribution in [-0.4, -0.2) is 6.21 Å². The molecule has 1 aromatic carbocycles. The number of hydrogen-bond acceptors (Lipinski definition) is 3. The van der Waals surface area contributed by atoms with Gasteiger partial charge in [-0.05, 0) is 18.2 Å². The zero-order valence-electron chi connectivity index (χ0n) is 8.09. The van der Waals surface area contributed by atoms with E-state index in [1.165, 1.54) is 0 Å². The van der Waals surface area contributed by atoms with Gasteiger partial charge in [0.1, 0.15) is 0 Å². The fourth-order valence-electron chi connectivity index (χ4n) is 1.61. The van der Waals surface area contributed by atoms with Gasteiger partial charge in [0.2, 0.25) is 0 Å². The quantitative estimate of drug-likeness (QED) is 0.595. The fraction of sp³-hybridized carbons (Fsp3) is 0.0833. The second-order valence-electron chi connectivity index (χ2n) is 3.39. The summed E-state index contributed by atoms with van der Waals surface area (Å²) >= 11 is 0. The van der Waals surface area contributed by atoms with E-state index in [-0.39, 0.29) is 0 Å². The van der Waals surface area contributed by atoms with Crippen molar-refractivity contribution in [2.24, 2.45) is 15.0 Å². The van der Waals surface area contributed by atoms with Gasteiger partial charge in [0.15, 0.2) is 5.82 Å². The first-order valence-corrected chi connectivity index (χ1v) is 4.88. The van der Waals surface area contributed by atoms with Gasteiger partial charge in [-0.25, -0.2) is 9.98 Å². The monoisotopic (exact) mass is 195 g/mol. The van der Waals surface area contributed by atoms with Crippen LogP contribution in [0.4, 0.5) is 0 Å². The molecular weight excluding hydrogens is 186 g/mol. The van der Waals surface area contributed by atoms with E-state index < -0.39 is 0 Å². The molecule has 2 aliphatic heterocycles. The molecule has 0 N–H and O–H groups in total. The van der Waals surface area contributed by atoms with Crippen molar-refractivity contribution < 1.29 is 0 Å². The average molecular weight is 195 g/mol. The minimum absolute atomic E-state index is 0.747. The van der Waals surface area contributed by atoms with Gasteiger partial charge in [0.25, 0.3) is 0 Å². The summed E-state index contributed by atoms with van der Waals surface area (Å²) in [5.74, 6) is 0.747. The number of allylic oxidation sites excluding steroid dienone is 2. The van der Waals surface area contributed by atoms with Crippen molar-refractivity contribution in [3.63, 3.8) is 0 Å². The van der Waals surface area contributed by atoms with Gasteiger partial charge < -0.3 is 0 Å². The molecule has 2 heterocycles. The molecule has 0 saturated heterocycles. The maximum atomic E-state index is 4.44. The van der Waals surface area contributed by atoms with Crippen molar-refractivity contribution >= 4 is 6.21 Å². The van der Waals surface area contributed by atoms with Gasteiger partial charge in [-0.15, -0.1) is 0 Å². The van der Waals surface area contributed by atoms with Gasteiger partial charge in [-0.2, -0.15) is 0 Å². The Bertz CT molecular complexity index is 569. The van der Waals surface area contributed by atoms with Crippen LogP contribution >= 0.6 is 0 Å². The van der Waals surface area contributed by atoms with Crippen LogP contribution < -0.4 is 10.7 Å². The SMILES string of the molecule is C1=CCC(=C2N=c3ccccc3=N2)N=C1. The smallest absolute Gasteiger partial charge is 0.175 e. The molecule has 1 aromatic rings. The molecule has 0 aliphatic carbocycles. The highest BCUT2D eigenvalue weighted by atomic mass is 15.0. The Labute approximate surface area is 86.9 Å². The predicted octanol–water partition coefficient (Wildman–Crippen LogP) is 1.14. The van der Waals surface area contributed by atoms with Gasteiger partial charge in [-0.3, -0.25) is 4.99 Å². The van der Waals surface area contributed by atoms with E-state index in [4.69, 9.17) is 0 Å². The van der Waals surface area contributed by atoms with Crippen LogP contribution in [0.25, 0.3) is 0 Å². The van der Waals surface area contributed by atoms with Gasteiger partial charge in [0.05, 0.1) is 16.4 Å². The fourth-order valence-corrected chi connectivity index (χ4v) is 1.61. The number of benzene rings is 1. The molecule has 0 atom stereocenters. The zero-order chi connectivity index (χ0) is 10.1. The van der Waals surface area contributed by atoms with Crippen LogP contribution in [0, 0.1) is 0 Å². The number of hydrogen-bond donors (Lipinski definition) is 0. The normalized spacial score (nSPS) is 17.3. The summed E-state index contributed by atoms with van der Waals surface area (Å²) in [6.07, 6.45) is 6.59. The molecule has 0 fully saturated rings. The number of rotatable bonds is 0. The first kappa shape index (κ1) is 8.29. The lowest BCUT2D eigenvalue weighted by Gasteiger charge is -2.00. The standard InChI is InChI=1S/C12H9N3/c1-2-6-10-9(5-1)14-12(15-10)11-7-3-4-8-13-11/h1-6,8H,7H2. The second-order valence-corrected chi connectivity index (χ2v) is 3.39. The molecule has 15 heavy (non-hydrogen) atoms. The average Bonchev–Trinajstić information content (AvgIpc) is 2.74. The molecule has 0 amide bonds. The van der Waals surface area contributed by atoms with E-state index in [1.807, 2.05) is 30.3 Å². The zero-order valence-corrected chi connectivity index (χ0v) is 8.09. The van der Waals surface area contributed by atoms with Crippen molar-refractivity contribution in [1.29, 1.82) is 0 Å². The summed E-state index contributed by atoms with van der Waals surface area (Å²) in [7, 11) is 0. The third-order valence-corrected chi connectivity index (χ3v) is 2.36. The summed E-state index contributed by atoms with van der Waals surface area (Å²) in [6.45, 7) is 0. The topological polar surface area (TPSA) is 37.1 Å². The van der Waals surface area contributed by atoms with Crippen LogP contribution in [0.15, 0.2) is 62.9 Å².